The number of rotatable bonds is 2. The Hall–Kier alpha value is -1.16. The average molecular weight is 184 g/mol. The molecule has 2 rings (SSSR count). The number of halogens is 2. The van der Waals surface area contributed by atoms with Gasteiger partial charge in [0.25, 0.3) is 0 Å². The van der Waals surface area contributed by atoms with E-state index < -0.39 is 11.6 Å². The second-order valence-electron chi connectivity index (χ2n) is 2.91. The van der Waals surface area contributed by atoms with Crippen LogP contribution in [0.2, 0.25) is 0 Å². The van der Waals surface area contributed by atoms with Crippen LogP contribution in [-0.4, -0.2) is 19.2 Å². The Morgan fingerprint density at radius 2 is 1.92 bits per heavy atom. The normalized spacial score (nSPS) is 16.8. The van der Waals surface area contributed by atoms with E-state index in [1.54, 1.807) is 0 Å². The van der Waals surface area contributed by atoms with Crippen LogP contribution in [0.3, 0.4) is 0 Å². The minimum atomic E-state index is -0.734. The van der Waals surface area contributed by atoms with Crippen molar-refractivity contribution in [2.45, 2.75) is 6.10 Å². The topological polar surface area (TPSA) is 21.3 Å². The van der Waals surface area contributed by atoms with E-state index in [0.29, 0.717) is 0 Å². The van der Waals surface area contributed by atoms with Gasteiger partial charge in [-0.15, -0.1) is 0 Å². The van der Waals surface area contributed by atoms with Crippen molar-refractivity contribution < 1.29 is 13.5 Å². The van der Waals surface area contributed by atoms with Gasteiger partial charge in [-0.25, -0.2) is 8.78 Å². The lowest BCUT2D eigenvalue weighted by molar-refractivity contribution is 0.141. The lowest BCUT2D eigenvalue weighted by atomic mass is 10.2. The summed E-state index contributed by atoms with van der Waals surface area (Å²) in [5.41, 5.74) is 0. The zero-order chi connectivity index (χ0) is 9.26. The summed E-state index contributed by atoms with van der Waals surface area (Å²) in [5, 5.41) is 2.99. The van der Waals surface area contributed by atoms with Crippen molar-refractivity contribution in [2.75, 3.05) is 13.1 Å². The highest BCUT2D eigenvalue weighted by Crippen LogP contribution is 2.17. The van der Waals surface area contributed by atoms with Gasteiger partial charge in [0.05, 0.1) is 6.07 Å². The van der Waals surface area contributed by atoms with Crippen LogP contribution in [0.15, 0.2) is 12.1 Å². The summed E-state index contributed by atoms with van der Waals surface area (Å²) in [6.45, 7) is 1.45. The fourth-order valence-corrected chi connectivity index (χ4v) is 1.08. The summed E-state index contributed by atoms with van der Waals surface area (Å²) in [7, 11) is 0. The highest BCUT2D eigenvalue weighted by atomic mass is 19.1. The summed E-state index contributed by atoms with van der Waals surface area (Å²) in [4.78, 5) is 0. The second kappa shape index (κ2) is 3.30. The molecule has 0 saturated carbocycles. The van der Waals surface area contributed by atoms with E-state index in [0.717, 1.165) is 25.2 Å². The standard InChI is InChI=1S/C9H8F2NO/c10-6-1-7(11)3-8(2-6)13-9-4-12-5-9/h2-3,9,12H,4-5H2. The molecule has 1 fully saturated rings. The molecule has 0 amide bonds. The summed E-state index contributed by atoms with van der Waals surface area (Å²) >= 11 is 0. The fraction of sp³-hybridized carbons (Fsp3) is 0.333. The Morgan fingerprint density at radius 1 is 1.31 bits per heavy atom. The van der Waals surface area contributed by atoms with Crippen molar-refractivity contribution >= 4 is 0 Å². The number of hydrogen-bond acceptors (Lipinski definition) is 2. The summed E-state index contributed by atoms with van der Waals surface area (Å²) in [6, 6.07) is 4.14. The molecule has 0 atom stereocenters. The van der Waals surface area contributed by atoms with Gasteiger partial charge in [0.1, 0.15) is 23.5 Å². The van der Waals surface area contributed by atoms with E-state index >= 15 is 0 Å². The third-order valence-electron chi connectivity index (χ3n) is 1.82. The van der Waals surface area contributed by atoms with E-state index in [1.165, 1.54) is 0 Å². The van der Waals surface area contributed by atoms with Gasteiger partial charge in [0, 0.05) is 25.2 Å². The molecule has 1 aromatic carbocycles. The molecular weight excluding hydrogens is 176 g/mol. The number of nitrogens with one attached hydrogen (secondary N) is 1. The molecule has 1 aliphatic heterocycles. The van der Waals surface area contributed by atoms with Gasteiger partial charge in [-0.1, -0.05) is 0 Å². The lowest BCUT2D eigenvalue weighted by Crippen LogP contribution is -2.50. The molecule has 0 aromatic heterocycles. The van der Waals surface area contributed by atoms with Crippen LogP contribution >= 0.6 is 0 Å². The van der Waals surface area contributed by atoms with Crippen molar-refractivity contribution in [1.82, 2.24) is 5.32 Å². The maximum absolute atomic E-state index is 12.6. The van der Waals surface area contributed by atoms with Gasteiger partial charge in [-0.3, -0.25) is 0 Å². The van der Waals surface area contributed by atoms with Crippen LogP contribution in [0.4, 0.5) is 8.78 Å². The minimum Gasteiger partial charge on any atom is -0.488 e. The summed E-state index contributed by atoms with van der Waals surface area (Å²) in [6.07, 6.45) is 0.0289. The van der Waals surface area contributed by atoms with E-state index in [2.05, 4.69) is 5.32 Å². The number of benzene rings is 1. The lowest BCUT2D eigenvalue weighted by Gasteiger charge is -2.27. The quantitative estimate of drug-likeness (QED) is 0.743. The predicted molar refractivity (Wildman–Crippen MR) is 42.5 cm³/mol. The average Bonchev–Trinajstić information content (AvgIpc) is 1.95. The van der Waals surface area contributed by atoms with Crippen LogP contribution in [0.1, 0.15) is 0 Å². The molecule has 1 heterocycles. The van der Waals surface area contributed by atoms with Crippen LogP contribution in [0.5, 0.6) is 5.75 Å². The first kappa shape index (κ1) is 8.44. The fourth-order valence-electron chi connectivity index (χ4n) is 1.08. The third-order valence-corrected chi connectivity index (χ3v) is 1.82. The molecule has 2 nitrogen and oxygen atoms in total. The molecule has 1 aromatic rings. The first-order valence-electron chi connectivity index (χ1n) is 4.00. The molecule has 1 aliphatic rings. The van der Waals surface area contributed by atoms with Gasteiger partial charge < -0.3 is 10.1 Å². The Morgan fingerprint density at radius 3 is 2.38 bits per heavy atom. The van der Waals surface area contributed by atoms with Crippen molar-refractivity contribution in [3.05, 3.63) is 29.8 Å². The molecule has 0 spiro atoms. The van der Waals surface area contributed by atoms with E-state index in [4.69, 9.17) is 4.74 Å². The number of ether oxygens (including phenoxy) is 1. The van der Waals surface area contributed by atoms with Gasteiger partial charge in [0.2, 0.25) is 0 Å². The molecule has 0 unspecified atom stereocenters. The maximum atomic E-state index is 12.6. The third kappa shape index (κ3) is 1.95. The van der Waals surface area contributed by atoms with Crippen molar-refractivity contribution in [1.29, 1.82) is 0 Å². The Labute approximate surface area is 74.5 Å². The highest BCUT2D eigenvalue weighted by molar-refractivity contribution is 5.23. The largest absolute Gasteiger partial charge is 0.488 e. The van der Waals surface area contributed by atoms with E-state index in [1.807, 2.05) is 6.07 Å². The highest BCUT2D eigenvalue weighted by Gasteiger charge is 2.18. The predicted octanol–water partition coefficient (Wildman–Crippen LogP) is 1.12. The van der Waals surface area contributed by atoms with Crippen molar-refractivity contribution in [3.63, 3.8) is 0 Å². The first-order valence-corrected chi connectivity index (χ1v) is 4.00. The zero-order valence-corrected chi connectivity index (χ0v) is 6.81. The Bertz CT molecular complexity index is 292. The Kier molecular flexibility index (Phi) is 2.14. The molecule has 1 N–H and O–H groups in total. The minimum absolute atomic E-state index is 0.0289. The first-order chi connectivity index (χ1) is 6.24. The van der Waals surface area contributed by atoms with E-state index in [-0.39, 0.29) is 11.9 Å². The summed E-state index contributed by atoms with van der Waals surface area (Å²) < 4.78 is 30.5. The van der Waals surface area contributed by atoms with Crippen LogP contribution < -0.4 is 10.1 Å². The molecule has 0 bridgehead atoms. The molecule has 13 heavy (non-hydrogen) atoms. The van der Waals surface area contributed by atoms with Crippen LogP contribution in [-0.2, 0) is 0 Å². The second-order valence-corrected chi connectivity index (χ2v) is 2.91. The molecule has 69 valence electrons. The Balaban J connectivity index is 2.10. The van der Waals surface area contributed by atoms with Crippen LogP contribution in [0.25, 0.3) is 0 Å². The van der Waals surface area contributed by atoms with E-state index in [9.17, 15) is 8.78 Å². The molecule has 1 radical (unpaired) electrons. The van der Waals surface area contributed by atoms with Gasteiger partial charge in [-0.05, 0) is 0 Å². The molecular formula is C9H8F2NO. The summed E-state index contributed by atoms with van der Waals surface area (Å²) in [5.74, 6) is -1.25. The monoisotopic (exact) mass is 184 g/mol. The van der Waals surface area contributed by atoms with Crippen molar-refractivity contribution in [3.8, 4) is 5.75 Å². The smallest absolute Gasteiger partial charge is 0.137 e. The SMILES string of the molecule is Fc1[c]c(F)cc(OC2CNC2)c1. The molecule has 4 heteroatoms. The molecule has 0 aliphatic carbocycles. The van der Waals surface area contributed by atoms with Gasteiger partial charge in [0.15, 0.2) is 0 Å². The van der Waals surface area contributed by atoms with Gasteiger partial charge in [-0.2, -0.15) is 0 Å². The molecule has 1 saturated heterocycles. The van der Waals surface area contributed by atoms with Crippen LogP contribution in [0, 0.1) is 17.7 Å². The number of hydrogen-bond donors (Lipinski definition) is 1. The maximum Gasteiger partial charge on any atom is 0.137 e. The van der Waals surface area contributed by atoms with Crippen molar-refractivity contribution in [2.24, 2.45) is 0 Å². The zero-order valence-electron chi connectivity index (χ0n) is 6.81. The van der Waals surface area contributed by atoms with Gasteiger partial charge >= 0.3 is 0 Å².